The number of rotatable bonds is 1. The molecule has 0 saturated carbocycles. The van der Waals surface area contributed by atoms with Crippen LogP contribution in [0.3, 0.4) is 0 Å². The van der Waals surface area contributed by atoms with E-state index in [1.165, 1.54) is 4.90 Å². The van der Waals surface area contributed by atoms with Crippen LogP contribution in [0.2, 0.25) is 0 Å². The summed E-state index contributed by atoms with van der Waals surface area (Å²) in [7, 11) is 3.38. The summed E-state index contributed by atoms with van der Waals surface area (Å²) in [5, 5.41) is 8.89. The second-order valence-electron chi connectivity index (χ2n) is 1.56. The summed E-state index contributed by atoms with van der Waals surface area (Å²) in [6.07, 6.45) is 0.750. The van der Waals surface area contributed by atoms with E-state index in [9.17, 15) is 4.79 Å². The van der Waals surface area contributed by atoms with Crippen LogP contribution in [-0.4, -0.2) is 31.4 Å². The van der Waals surface area contributed by atoms with Gasteiger partial charge in [-0.2, -0.15) is 0 Å². The molecule has 0 aliphatic heterocycles. The van der Waals surface area contributed by atoms with Gasteiger partial charge in [0.25, 0.3) is 0 Å². The van der Waals surface area contributed by atoms with Crippen molar-refractivity contribution >= 4 is 12.4 Å². The van der Waals surface area contributed by atoms with Crippen molar-refractivity contribution in [3.8, 4) is 0 Å². The van der Waals surface area contributed by atoms with Crippen molar-refractivity contribution in [2.24, 2.45) is 0 Å². The van der Waals surface area contributed by atoms with E-state index in [0.29, 0.717) is 0 Å². The van der Waals surface area contributed by atoms with E-state index in [1.807, 2.05) is 0 Å². The zero-order chi connectivity index (χ0) is 7.86. The van der Waals surface area contributed by atoms with Gasteiger partial charge in [0.15, 0.2) is 0 Å². The van der Waals surface area contributed by atoms with Crippen LogP contribution in [0.5, 0.6) is 0 Å². The number of carbonyl (C=O) groups is 2. The maximum atomic E-state index is 9.43. The molecule has 0 rings (SSSR count). The van der Waals surface area contributed by atoms with Gasteiger partial charge in [-0.05, 0) is 6.92 Å². The topological polar surface area (TPSA) is 60.4 Å². The quantitative estimate of drug-likeness (QED) is 0.449. The SMILES string of the molecule is CC(=O)[O-].CN(C)C=O.[Cs+]. The van der Waals surface area contributed by atoms with Crippen molar-refractivity contribution in [1.29, 1.82) is 0 Å². The van der Waals surface area contributed by atoms with Crippen molar-refractivity contribution in [1.82, 2.24) is 4.90 Å². The van der Waals surface area contributed by atoms with E-state index in [2.05, 4.69) is 0 Å². The molecule has 1 amide bonds. The predicted molar refractivity (Wildman–Crippen MR) is 30.4 cm³/mol. The zero-order valence-corrected chi connectivity index (χ0v) is 13.0. The van der Waals surface area contributed by atoms with E-state index in [1.54, 1.807) is 14.1 Å². The number of aliphatic carboxylic acids is 1. The van der Waals surface area contributed by atoms with E-state index in [4.69, 9.17) is 9.90 Å². The molecule has 0 saturated heterocycles. The Balaban J connectivity index is -0.0000000910. The molecule has 0 unspecified atom stereocenters. The molecule has 54 valence electrons. The maximum Gasteiger partial charge on any atom is 1.00 e. The molecule has 0 atom stereocenters. The van der Waals surface area contributed by atoms with Crippen LogP contribution in [0.1, 0.15) is 6.92 Å². The Kier molecular flexibility index (Phi) is 21.7. The third-order valence-electron chi connectivity index (χ3n) is 0.211. The number of hydrogen-bond donors (Lipinski definition) is 0. The van der Waals surface area contributed by atoms with Crippen molar-refractivity contribution in [2.75, 3.05) is 14.1 Å². The van der Waals surface area contributed by atoms with Crippen LogP contribution in [-0.2, 0) is 9.59 Å². The molecule has 0 heterocycles. The second-order valence-corrected chi connectivity index (χ2v) is 1.56. The minimum Gasteiger partial charge on any atom is -0.550 e. The van der Waals surface area contributed by atoms with Gasteiger partial charge in [0, 0.05) is 20.1 Å². The molecule has 0 aliphatic rings. The Morgan fingerprint density at radius 3 is 1.60 bits per heavy atom. The fourth-order valence-corrected chi connectivity index (χ4v) is 0. The van der Waals surface area contributed by atoms with Crippen molar-refractivity contribution in [3.63, 3.8) is 0 Å². The summed E-state index contributed by atoms with van der Waals surface area (Å²) < 4.78 is 0. The Hall–Kier alpha value is 0.992. The summed E-state index contributed by atoms with van der Waals surface area (Å²) >= 11 is 0. The first-order chi connectivity index (χ1) is 4.00. The van der Waals surface area contributed by atoms with Gasteiger partial charge in [-0.25, -0.2) is 0 Å². The van der Waals surface area contributed by atoms with Crippen molar-refractivity contribution in [3.05, 3.63) is 0 Å². The monoisotopic (exact) mass is 265 g/mol. The molecule has 10 heavy (non-hydrogen) atoms. The molecule has 0 radical (unpaired) electrons. The standard InChI is InChI=1S/C3H7NO.C2H4O2.Cs/c1-4(2)3-5;1-2(3)4;/h3H,1-2H3;1H3,(H,3,4);/q;;+1/p-1. The largest absolute Gasteiger partial charge is 1.00 e. The molecular weight excluding hydrogens is 255 g/mol. The van der Waals surface area contributed by atoms with E-state index < -0.39 is 5.97 Å². The zero-order valence-electron chi connectivity index (χ0n) is 6.75. The first-order valence-corrected chi connectivity index (χ1v) is 2.30. The Morgan fingerprint density at radius 2 is 1.60 bits per heavy atom. The smallest absolute Gasteiger partial charge is 0.550 e. The van der Waals surface area contributed by atoms with Crippen LogP contribution >= 0.6 is 0 Å². The summed E-state index contributed by atoms with van der Waals surface area (Å²) in [6, 6.07) is 0. The third kappa shape index (κ3) is 64.2. The first-order valence-electron chi connectivity index (χ1n) is 2.30. The molecule has 0 aromatic heterocycles. The molecule has 0 bridgehead atoms. The van der Waals surface area contributed by atoms with Crippen LogP contribution in [0.4, 0.5) is 0 Å². The van der Waals surface area contributed by atoms with Gasteiger partial charge in [0.2, 0.25) is 6.41 Å². The van der Waals surface area contributed by atoms with Crippen LogP contribution in [0.25, 0.3) is 0 Å². The number of carbonyl (C=O) groups excluding carboxylic acids is 2. The Labute approximate surface area is 119 Å². The fourth-order valence-electron chi connectivity index (χ4n) is 0. The van der Waals surface area contributed by atoms with Gasteiger partial charge in [-0.1, -0.05) is 0 Å². The summed E-state index contributed by atoms with van der Waals surface area (Å²) in [5.74, 6) is -1.08. The van der Waals surface area contributed by atoms with Crippen molar-refractivity contribution in [2.45, 2.75) is 6.92 Å². The van der Waals surface area contributed by atoms with Crippen molar-refractivity contribution < 1.29 is 83.6 Å². The van der Waals surface area contributed by atoms with Crippen LogP contribution in [0.15, 0.2) is 0 Å². The molecular formula is C5H10CsNO3. The van der Waals surface area contributed by atoms with Crippen LogP contribution < -0.4 is 74.0 Å². The number of nitrogens with zero attached hydrogens (tertiary/aromatic N) is 1. The van der Waals surface area contributed by atoms with Gasteiger partial charge >= 0.3 is 68.9 Å². The second kappa shape index (κ2) is 12.6. The molecule has 0 aromatic rings. The predicted octanol–water partition coefficient (Wildman–Crippen LogP) is -4.54. The molecule has 0 spiro atoms. The van der Waals surface area contributed by atoms with Gasteiger partial charge in [0.1, 0.15) is 0 Å². The van der Waals surface area contributed by atoms with E-state index in [0.717, 1.165) is 13.3 Å². The number of hydrogen-bond acceptors (Lipinski definition) is 3. The fraction of sp³-hybridized carbons (Fsp3) is 0.600. The normalized spacial score (nSPS) is 5.90. The molecule has 0 fully saturated rings. The molecule has 0 N–H and O–H groups in total. The third-order valence-corrected chi connectivity index (χ3v) is 0.211. The van der Waals surface area contributed by atoms with E-state index in [-0.39, 0.29) is 68.9 Å². The van der Waals surface area contributed by atoms with Gasteiger partial charge in [0.05, 0.1) is 0 Å². The average Bonchev–Trinajstić information content (AvgIpc) is 1.65. The Morgan fingerprint density at radius 1 is 1.50 bits per heavy atom. The van der Waals surface area contributed by atoms with Crippen LogP contribution in [0, 0.1) is 0 Å². The maximum absolute atomic E-state index is 9.43. The summed E-state index contributed by atoms with van der Waals surface area (Å²) in [4.78, 5) is 19.8. The van der Waals surface area contributed by atoms with Gasteiger partial charge in [-0.15, -0.1) is 0 Å². The Bertz CT molecular complexity index is 90.9. The minimum absolute atomic E-state index is 0. The summed E-state index contributed by atoms with van der Waals surface area (Å²) in [6.45, 7) is 0.972. The van der Waals surface area contributed by atoms with Gasteiger partial charge in [-0.3, -0.25) is 4.79 Å². The first kappa shape index (κ1) is 17.2. The average molecular weight is 265 g/mol. The van der Waals surface area contributed by atoms with Gasteiger partial charge < -0.3 is 14.8 Å². The summed E-state index contributed by atoms with van der Waals surface area (Å²) in [5.41, 5.74) is 0. The molecule has 4 nitrogen and oxygen atoms in total. The van der Waals surface area contributed by atoms with E-state index >= 15 is 0 Å². The molecule has 0 aliphatic carbocycles. The number of carboxylic acid groups (broad SMARTS) is 1. The number of amides is 1. The minimum atomic E-state index is -1.08. The molecule has 5 heteroatoms. The molecule has 0 aromatic carbocycles. The number of carboxylic acids is 1.